The topological polar surface area (TPSA) is 43.1 Å². The highest BCUT2D eigenvalue weighted by molar-refractivity contribution is 5.83. The largest absolute Gasteiger partial charge is 0.322 e. The number of carbonyl (C=O) groups excluding carboxylic acids is 1. The van der Waals surface area contributed by atoms with Crippen LogP contribution >= 0.6 is 0 Å². The first kappa shape index (κ1) is 12.6. The van der Waals surface area contributed by atoms with Crippen LogP contribution in [0.1, 0.15) is 58.8 Å². The van der Waals surface area contributed by atoms with Crippen molar-refractivity contribution >= 4 is 5.78 Å². The molecular weight excluding hydrogens is 162 g/mol. The fourth-order valence-electron chi connectivity index (χ4n) is 1.38. The Labute approximate surface area is 81.9 Å². The maximum absolute atomic E-state index is 11.4. The van der Waals surface area contributed by atoms with Gasteiger partial charge in [-0.1, -0.05) is 39.5 Å². The molecule has 0 aliphatic rings. The van der Waals surface area contributed by atoms with Crippen molar-refractivity contribution in [3.8, 4) is 0 Å². The second-order valence-electron chi connectivity index (χ2n) is 3.67. The molecule has 0 aliphatic heterocycles. The average molecular weight is 185 g/mol. The maximum atomic E-state index is 11.4. The average Bonchev–Trinajstić information content (AvgIpc) is 2.12. The van der Waals surface area contributed by atoms with Gasteiger partial charge in [-0.15, -0.1) is 0 Å². The Morgan fingerprint density at radius 2 is 1.85 bits per heavy atom. The summed E-state index contributed by atoms with van der Waals surface area (Å²) in [5.41, 5.74) is 5.69. The zero-order valence-electron chi connectivity index (χ0n) is 9.01. The molecule has 0 amide bonds. The first-order valence-electron chi connectivity index (χ1n) is 5.50. The van der Waals surface area contributed by atoms with Gasteiger partial charge in [-0.3, -0.25) is 4.79 Å². The predicted molar refractivity (Wildman–Crippen MR) is 56.6 cm³/mol. The molecule has 2 N–H and O–H groups in total. The molecule has 0 fully saturated rings. The van der Waals surface area contributed by atoms with Gasteiger partial charge in [0.25, 0.3) is 0 Å². The number of Topliss-reactive ketones (excluding diaryl/α,β-unsaturated/α-hetero) is 1. The molecule has 2 nitrogen and oxygen atoms in total. The molecule has 0 aromatic carbocycles. The minimum Gasteiger partial charge on any atom is -0.322 e. The molecule has 2 heteroatoms. The highest BCUT2D eigenvalue weighted by Gasteiger charge is 2.10. The van der Waals surface area contributed by atoms with Gasteiger partial charge in [-0.2, -0.15) is 0 Å². The SMILES string of the molecule is CCCCCCC(=O)C(N)CCC. The maximum Gasteiger partial charge on any atom is 0.149 e. The van der Waals surface area contributed by atoms with Gasteiger partial charge in [0, 0.05) is 6.42 Å². The third-order valence-corrected chi connectivity index (χ3v) is 2.29. The lowest BCUT2D eigenvalue weighted by Crippen LogP contribution is -2.29. The standard InChI is InChI=1S/C11H23NO/c1-3-5-6-7-9-11(13)10(12)8-4-2/h10H,3-9,12H2,1-2H3. The van der Waals surface area contributed by atoms with Gasteiger partial charge in [-0.05, 0) is 12.8 Å². The van der Waals surface area contributed by atoms with Crippen LogP contribution in [0.2, 0.25) is 0 Å². The number of unbranched alkanes of at least 4 members (excludes halogenated alkanes) is 3. The molecule has 0 spiro atoms. The van der Waals surface area contributed by atoms with Crippen molar-refractivity contribution in [1.82, 2.24) is 0 Å². The molecule has 0 aliphatic carbocycles. The summed E-state index contributed by atoms with van der Waals surface area (Å²) in [6, 6.07) is -0.202. The highest BCUT2D eigenvalue weighted by atomic mass is 16.1. The van der Waals surface area contributed by atoms with Crippen LogP contribution in [0.3, 0.4) is 0 Å². The number of carbonyl (C=O) groups is 1. The molecule has 13 heavy (non-hydrogen) atoms. The Morgan fingerprint density at radius 1 is 1.15 bits per heavy atom. The van der Waals surface area contributed by atoms with E-state index in [1.54, 1.807) is 0 Å². The number of hydrogen-bond acceptors (Lipinski definition) is 2. The second-order valence-corrected chi connectivity index (χ2v) is 3.67. The van der Waals surface area contributed by atoms with Crippen molar-refractivity contribution in [3.63, 3.8) is 0 Å². The zero-order valence-corrected chi connectivity index (χ0v) is 9.01. The number of ketones is 1. The third-order valence-electron chi connectivity index (χ3n) is 2.29. The normalized spacial score (nSPS) is 12.8. The van der Waals surface area contributed by atoms with Crippen molar-refractivity contribution in [2.45, 2.75) is 64.8 Å². The van der Waals surface area contributed by atoms with Crippen molar-refractivity contribution in [2.75, 3.05) is 0 Å². The van der Waals surface area contributed by atoms with Crippen LogP contribution in [0, 0.1) is 0 Å². The van der Waals surface area contributed by atoms with Crippen LogP contribution in [0.25, 0.3) is 0 Å². The van der Waals surface area contributed by atoms with E-state index in [1.807, 2.05) is 0 Å². The molecule has 0 bridgehead atoms. The van der Waals surface area contributed by atoms with E-state index in [9.17, 15) is 4.79 Å². The van der Waals surface area contributed by atoms with E-state index in [4.69, 9.17) is 5.73 Å². The van der Waals surface area contributed by atoms with Crippen molar-refractivity contribution in [3.05, 3.63) is 0 Å². The summed E-state index contributed by atoms with van der Waals surface area (Å²) in [7, 11) is 0. The first-order chi connectivity index (χ1) is 6.22. The minimum absolute atomic E-state index is 0.202. The monoisotopic (exact) mass is 185 g/mol. The van der Waals surface area contributed by atoms with Gasteiger partial charge in [-0.25, -0.2) is 0 Å². The molecule has 0 heterocycles. The van der Waals surface area contributed by atoms with E-state index in [2.05, 4.69) is 13.8 Å². The lowest BCUT2D eigenvalue weighted by molar-refractivity contribution is -0.120. The number of rotatable bonds is 8. The molecule has 0 aromatic heterocycles. The van der Waals surface area contributed by atoms with Crippen LogP contribution in [-0.4, -0.2) is 11.8 Å². The minimum atomic E-state index is -0.202. The second kappa shape index (κ2) is 8.24. The number of nitrogens with two attached hydrogens (primary N) is 1. The van der Waals surface area contributed by atoms with E-state index < -0.39 is 0 Å². The molecule has 0 aromatic rings. The van der Waals surface area contributed by atoms with E-state index in [1.165, 1.54) is 19.3 Å². The molecule has 0 saturated heterocycles. The molecule has 1 atom stereocenters. The van der Waals surface area contributed by atoms with Crippen molar-refractivity contribution in [1.29, 1.82) is 0 Å². The van der Waals surface area contributed by atoms with E-state index in [0.717, 1.165) is 19.3 Å². The van der Waals surface area contributed by atoms with Crippen LogP contribution in [-0.2, 0) is 4.79 Å². The van der Waals surface area contributed by atoms with Crippen LogP contribution in [0.15, 0.2) is 0 Å². The summed E-state index contributed by atoms with van der Waals surface area (Å²) >= 11 is 0. The van der Waals surface area contributed by atoms with E-state index in [0.29, 0.717) is 6.42 Å². The summed E-state index contributed by atoms with van der Waals surface area (Å²) in [6.45, 7) is 4.23. The molecule has 0 rings (SSSR count). The molecule has 78 valence electrons. The van der Waals surface area contributed by atoms with Gasteiger partial charge in [0.1, 0.15) is 5.78 Å². The van der Waals surface area contributed by atoms with E-state index >= 15 is 0 Å². The Kier molecular flexibility index (Phi) is 8.00. The third kappa shape index (κ3) is 6.76. The summed E-state index contributed by atoms with van der Waals surface area (Å²) in [4.78, 5) is 11.4. The fourth-order valence-corrected chi connectivity index (χ4v) is 1.38. The zero-order chi connectivity index (χ0) is 10.1. The Bertz CT molecular complexity index is 134. The number of hydrogen-bond donors (Lipinski definition) is 1. The summed E-state index contributed by atoms with van der Waals surface area (Å²) in [6.07, 6.45) is 7.16. The first-order valence-corrected chi connectivity index (χ1v) is 5.50. The Hall–Kier alpha value is -0.370. The quantitative estimate of drug-likeness (QED) is 0.591. The Morgan fingerprint density at radius 3 is 2.38 bits per heavy atom. The van der Waals surface area contributed by atoms with Gasteiger partial charge in [0.2, 0.25) is 0 Å². The van der Waals surface area contributed by atoms with Crippen LogP contribution in [0.4, 0.5) is 0 Å². The molecule has 0 radical (unpaired) electrons. The lowest BCUT2D eigenvalue weighted by Gasteiger charge is -2.08. The van der Waals surface area contributed by atoms with Crippen molar-refractivity contribution < 1.29 is 4.79 Å². The van der Waals surface area contributed by atoms with Crippen molar-refractivity contribution in [2.24, 2.45) is 5.73 Å². The smallest absolute Gasteiger partial charge is 0.149 e. The van der Waals surface area contributed by atoms with Gasteiger partial charge in [0.15, 0.2) is 0 Å². The Balaban J connectivity index is 3.38. The van der Waals surface area contributed by atoms with Gasteiger partial charge in [0.05, 0.1) is 6.04 Å². The van der Waals surface area contributed by atoms with Gasteiger partial charge >= 0.3 is 0 Å². The van der Waals surface area contributed by atoms with Crippen LogP contribution < -0.4 is 5.73 Å². The summed E-state index contributed by atoms with van der Waals surface area (Å²) in [5, 5.41) is 0. The fraction of sp³-hybridized carbons (Fsp3) is 0.909. The van der Waals surface area contributed by atoms with E-state index in [-0.39, 0.29) is 11.8 Å². The summed E-state index contributed by atoms with van der Waals surface area (Å²) < 4.78 is 0. The van der Waals surface area contributed by atoms with Crippen LogP contribution in [0.5, 0.6) is 0 Å². The highest BCUT2D eigenvalue weighted by Crippen LogP contribution is 2.06. The predicted octanol–water partition coefficient (Wildman–Crippen LogP) is 2.65. The summed E-state index contributed by atoms with van der Waals surface area (Å²) in [5.74, 6) is 0.248. The molecular formula is C11H23NO. The molecule has 0 saturated carbocycles. The lowest BCUT2D eigenvalue weighted by atomic mass is 10.0. The molecule has 1 unspecified atom stereocenters. The van der Waals surface area contributed by atoms with Gasteiger partial charge < -0.3 is 5.73 Å².